The first-order valence-corrected chi connectivity index (χ1v) is 10.3. The number of benzene rings is 2. The van der Waals surface area contributed by atoms with Crippen LogP contribution in [0.1, 0.15) is 24.0 Å². The molecule has 2 aromatic carbocycles. The van der Waals surface area contributed by atoms with Crippen LogP contribution in [0, 0.1) is 5.92 Å². The van der Waals surface area contributed by atoms with Gasteiger partial charge in [-0.1, -0.05) is 12.1 Å². The van der Waals surface area contributed by atoms with E-state index in [1.54, 1.807) is 7.11 Å². The predicted molar refractivity (Wildman–Crippen MR) is 113 cm³/mol. The van der Waals surface area contributed by atoms with E-state index < -0.39 is 6.36 Å². The number of carbonyl (C=O) groups is 1. The van der Waals surface area contributed by atoms with Gasteiger partial charge in [-0.3, -0.25) is 9.69 Å². The number of rotatable bonds is 8. The standard InChI is InChI=1S/C23H27F3N2O4/c1-30-19-6-3-16(4-7-19)15-28-11-9-17(10-12-28)22(29)27-14-18-5-8-20(31-2)13-21(18)32-23(24,25)26/h3-8,13,17H,9-12,14-15H2,1-2H3,(H,27,29). The number of ether oxygens (including phenoxy) is 3. The highest BCUT2D eigenvalue weighted by Crippen LogP contribution is 2.30. The summed E-state index contributed by atoms with van der Waals surface area (Å²) < 4.78 is 52.4. The average molecular weight is 452 g/mol. The van der Waals surface area contributed by atoms with Gasteiger partial charge in [0.25, 0.3) is 0 Å². The SMILES string of the molecule is COc1ccc(CN2CCC(C(=O)NCc3ccc(OC)cc3OC(F)(F)F)CC2)cc1. The van der Waals surface area contributed by atoms with E-state index in [9.17, 15) is 18.0 Å². The Labute approximate surface area is 185 Å². The molecule has 1 heterocycles. The molecule has 9 heteroatoms. The maximum atomic E-state index is 12.7. The number of halogens is 3. The molecule has 1 N–H and O–H groups in total. The second-order valence-corrected chi connectivity index (χ2v) is 7.64. The molecule has 1 aliphatic heterocycles. The number of likely N-dealkylation sites (tertiary alicyclic amines) is 1. The molecule has 2 aromatic rings. The van der Waals surface area contributed by atoms with Crippen molar-refractivity contribution in [1.29, 1.82) is 0 Å². The molecule has 32 heavy (non-hydrogen) atoms. The number of hydrogen-bond donors (Lipinski definition) is 1. The Morgan fingerprint density at radius 3 is 2.25 bits per heavy atom. The normalized spacial score (nSPS) is 15.3. The lowest BCUT2D eigenvalue weighted by Crippen LogP contribution is -2.40. The Hall–Kier alpha value is -2.94. The summed E-state index contributed by atoms with van der Waals surface area (Å²) in [7, 11) is 2.98. The van der Waals surface area contributed by atoms with E-state index in [0.717, 1.165) is 31.5 Å². The van der Waals surface area contributed by atoms with Crippen LogP contribution in [0.5, 0.6) is 17.2 Å². The van der Waals surface area contributed by atoms with Crippen LogP contribution in [-0.4, -0.2) is 44.5 Å². The van der Waals surface area contributed by atoms with Crippen LogP contribution in [0.25, 0.3) is 0 Å². The number of nitrogens with one attached hydrogen (secondary N) is 1. The van der Waals surface area contributed by atoms with Crippen molar-refractivity contribution in [1.82, 2.24) is 10.2 Å². The first-order chi connectivity index (χ1) is 15.3. The van der Waals surface area contributed by atoms with Crippen LogP contribution >= 0.6 is 0 Å². The molecule has 1 saturated heterocycles. The second-order valence-electron chi connectivity index (χ2n) is 7.64. The minimum atomic E-state index is -4.83. The third kappa shape index (κ3) is 6.78. The molecule has 0 aromatic heterocycles. The van der Waals surface area contributed by atoms with Gasteiger partial charge in [0.2, 0.25) is 5.91 Å². The topological polar surface area (TPSA) is 60.0 Å². The van der Waals surface area contributed by atoms with Crippen molar-refractivity contribution in [3.63, 3.8) is 0 Å². The van der Waals surface area contributed by atoms with Gasteiger partial charge in [-0.25, -0.2) is 0 Å². The molecule has 1 amide bonds. The summed E-state index contributed by atoms with van der Waals surface area (Å²) in [6.45, 7) is 2.28. The highest BCUT2D eigenvalue weighted by molar-refractivity contribution is 5.78. The number of methoxy groups -OCH3 is 2. The van der Waals surface area contributed by atoms with Crippen molar-refractivity contribution in [2.45, 2.75) is 32.3 Å². The predicted octanol–water partition coefficient (Wildman–Crippen LogP) is 4.13. The third-order valence-corrected chi connectivity index (χ3v) is 5.48. The number of carbonyl (C=O) groups excluding carboxylic acids is 1. The number of nitrogens with zero attached hydrogens (tertiary/aromatic N) is 1. The molecule has 0 saturated carbocycles. The van der Waals surface area contributed by atoms with Crippen molar-refractivity contribution in [2.75, 3.05) is 27.3 Å². The summed E-state index contributed by atoms with van der Waals surface area (Å²) in [6, 6.07) is 12.0. The van der Waals surface area contributed by atoms with Crippen LogP contribution in [0.4, 0.5) is 13.2 Å². The monoisotopic (exact) mass is 452 g/mol. The van der Waals surface area contributed by atoms with Crippen LogP contribution in [0.3, 0.4) is 0 Å². The maximum absolute atomic E-state index is 12.7. The van der Waals surface area contributed by atoms with E-state index in [2.05, 4.69) is 15.0 Å². The zero-order chi connectivity index (χ0) is 23.1. The summed E-state index contributed by atoms with van der Waals surface area (Å²) in [4.78, 5) is 14.9. The van der Waals surface area contributed by atoms with Crippen molar-refractivity contribution >= 4 is 5.91 Å². The molecule has 1 fully saturated rings. The third-order valence-electron chi connectivity index (χ3n) is 5.48. The van der Waals surface area contributed by atoms with Gasteiger partial charge < -0.3 is 19.5 Å². The van der Waals surface area contributed by atoms with Crippen molar-refractivity contribution < 1.29 is 32.2 Å². The van der Waals surface area contributed by atoms with Gasteiger partial charge in [-0.2, -0.15) is 0 Å². The Kier molecular flexibility index (Phi) is 7.84. The molecule has 0 atom stereocenters. The van der Waals surface area contributed by atoms with Crippen LogP contribution in [-0.2, 0) is 17.9 Å². The number of alkyl halides is 3. The van der Waals surface area contributed by atoms with E-state index in [-0.39, 0.29) is 35.4 Å². The van der Waals surface area contributed by atoms with Gasteiger partial charge in [0.1, 0.15) is 17.2 Å². The summed E-state index contributed by atoms with van der Waals surface area (Å²) >= 11 is 0. The first kappa shape index (κ1) is 23.7. The van der Waals surface area contributed by atoms with Crippen LogP contribution in [0.15, 0.2) is 42.5 Å². The molecule has 0 unspecified atom stereocenters. The van der Waals surface area contributed by atoms with E-state index in [1.807, 2.05) is 24.3 Å². The molecule has 1 aliphatic rings. The minimum Gasteiger partial charge on any atom is -0.497 e. The zero-order valence-electron chi connectivity index (χ0n) is 18.1. The van der Waals surface area contributed by atoms with E-state index >= 15 is 0 Å². The fourth-order valence-corrected chi connectivity index (χ4v) is 3.70. The largest absolute Gasteiger partial charge is 0.573 e. The molecule has 174 valence electrons. The first-order valence-electron chi connectivity index (χ1n) is 10.3. The van der Waals surface area contributed by atoms with Gasteiger partial charge >= 0.3 is 6.36 Å². The minimum absolute atomic E-state index is 0.0553. The molecule has 0 bridgehead atoms. The molecular weight excluding hydrogens is 425 g/mol. The maximum Gasteiger partial charge on any atom is 0.573 e. The van der Waals surface area contributed by atoms with E-state index in [0.29, 0.717) is 12.8 Å². The van der Waals surface area contributed by atoms with Crippen molar-refractivity contribution in [3.8, 4) is 17.2 Å². The number of hydrogen-bond acceptors (Lipinski definition) is 5. The Bertz CT molecular complexity index is 895. The summed E-state index contributed by atoms with van der Waals surface area (Å²) in [6.07, 6.45) is -3.45. The summed E-state index contributed by atoms with van der Waals surface area (Å²) in [5.74, 6) is 0.329. The second kappa shape index (κ2) is 10.6. The molecular formula is C23H27F3N2O4. The van der Waals surface area contributed by atoms with E-state index in [1.165, 1.54) is 24.8 Å². The highest BCUT2D eigenvalue weighted by atomic mass is 19.4. The molecule has 0 spiro atoms. The lowest BCUT2D eigenvalue weighted by atomic mass is 9.95. The van der Waals surface area contributed by atoms with Crippen molar-refractivity contribution in [2.24, 2.45) is 5.92 Å². The molecule has 0 radical (unpaired) electrons. The Morgan fingerprint density at radius 2 is 1.66 bits per heavy atom. The zero-order valence-corrected chi connectivity index (χ0v) is 18.1. The molecule has 3 rings (SSSR count). The molecule has 6 nitrogen and oxygen atoms in total. The smallest absolute Gasteiger partial charge is 0.497 e. The highest BCUT2D eigenvalue weighted by Gasteiger charge is 2.32. The summed E-state index contributed by atoms with van der Waals surface area (Å²) in [5, 5.41) is 2.75. The lowest BCUT2D eigenvalue weighted by Gasteiger charge is -2.31. The summed E-state index contributed by atoms with van der Waals surface area (Å²) in [5.41, 5.74) is 1.40. The Morgan fingerprint density at radius 1 is 1.03 bits per heavy atom. The average Bonchev–Trinajstić information content (AvgIpc) is 2.78. The molecule has 0 aliphatic carbocycles. The fourth-order valence-electron chi connectivity index (χ4n) is 3.70. The Balaban J connectivity index is 1.51. The fraction of sp³-hybridized carbons (Fsp3) is 0.435. The van der Waals surface area contributed by atoms with Gasteiger partial charge in [0.15, 0.2) is 0 Å². The lowest BCUT2D eigenvalue weighted by molar-refractivity contribution is -0.274. The number of amides is 1. The van der Waals surface area contributed by atoms with Gasteiger partial charge in [-0.05, 0) is 55.8 Å². The van der Waals surface area contributed by atoms with Gasteiger partial charge in [0.05, 0.1) is 14.2 Å². The van der Waals surface area contributed by atoms with Gasteiger partial charge in [-0.15, -0.1) is 13.2 Å². The number of piperidine rings is 1. The van der Waals surface area contributed by atoms with Crippen LogP contribution < -0.4 is 19.5 Å². The van der Waals surface area contributed by atoms with E-state index in [4.69, 9.17) is 9.47 Å². The van der Waals surface area contributed by atoms with Crippen LogP contribution in [0.2, 0.25) is 0 Å². The van der Waals surface area contributed by atoms with Gasteiger partial charge in [0, 0.05) is 30.6 Å². The quantitative estimate of drug-likeness (QED) is 0.653. The van der Waals surface area contributed by atoms with Crippen molar-refractivity contribution in [3.05, 3.63) is 53.6 Å².